The number of sulfone groups is 1. The SMILES string of the molecule is CCc1cccc(Nc2cccc(S(C)(=O)=O)c2[N+](=O)[O-])c1. The Morgan fingerprint density at radius 3 is 2.45 bits per heavy atom. The number of nitro groups is 1. The van der Waals surface area contributed by atoms with Gasteiger partial charge in [-0.3, -0.25) is 10.1 Å². The summed E-state index contributed by atoms with van der Waals surface area (Å²) in [5, 5.41) is 14.2. The molecular formula is C15H16N2O4S. The van der Waals surface area contributed by atoms with E-state index in [1.165, 1.54) is 18.2 Å². The van der Waals surface area contributed by atoms with Crippen LogP contribution in [0, 0.1) is 10.1 Å². The first-order chi connectivity index (χ1) is 10.3. The third-order valence-corrected chi connectivity index (χ3v) is 4.32. The fourth-order valence-corrected chi connectivity index (χ4v) is 3.00. The summed E-state index contributed by atoms with van der Waals surface area (Å²) in [5.41, 5.74) is 1.47. The van der Waals surface area contributed by atoms with E-state index in [9.17, 15) is 18.5 Å². The zero-order chi connectivity index (χ0) is 16.3. The molecule has 2 rings (SSSR count). The molecule has 2 aromatic rings. The van der Waals surface area contributed by atoms with Crippen LogP contribution in [-0.2, 0) is 16.3 Å². The second-order valence-corrected chi connectivity index (χ2v) is 6.84. The van der Waals surface area contributed by atoms with Crippen LogP contribution < -0.4 is 5.32 Å². The number of nitro benzene ring substituents is 1. The molecule has 116 valence electrons. The van der Waals surface area contributed by atoms with E-state index >= 15 is 0 Å². The van der Waals surface area contributed by atoms with Gasteiger partial charge >= 0.3 is 5.69 Å². The van der Waals surface area contributed by atoms with Gasteiger partial charge < -0.3 is 5.32 Å². The lowest BCUT2D eigenvalue weighted by Crippen LogP contribution is -2.05. The number of rotatable bonds is 5. The predicted octanol–water partition coefficient (Wildman–Crippen LogP) is 3.30. The van der Waals surface area contributed by atoms with E-state index in [2.05, 4.69) is 5.32 Å². The van der Waals surface area contributed by atoms with Crippen molar-refractivity contribution in [1.29, 1.82) is 0 Å². The maximum Gasteiger partial charge on any atom is 0.311 e. The molecule has 0 spiro atoms. The molecule has 0 aromatic heterocycles. The first-order valence-corrected chi connectivity index (χ1v) is 8.55. The van der Waals surface area contributed by atoms with Gasteiger partial charge in [0.1, 0.15) is 10.6 Å². The van der Waals surface area contributed by atoms with Crippen LogP contribution in [0.3, 0.4) is 0 Å². The first-order valence-electron chi connectivity index (χ1n) is 6.66. The number of anilines is 2. The van der Waals surface area contributed by atoms with Crippen LogP contribution in [0.2, 0.25) is 0 Å². The van der Waals surface area contributed by atoms with Gasteiger partial charge in [-0.05, 0) is 36.2 Å². The maximum atomic E-state index is 11.7. The third kappa shape index (κ3) is 3.43. The lowest BCUT2D eigenvalue weighted by atomic mass is 10.1. The van der Waals surface area contributed by atoms with Crippen molar-refractivity contribution in [3.63, 3.8) is 0 Å². The van der Waals surface area contributed by atoms with Crippen molar-refractivity contribution in [1.82, 2.24) is 0 Å². The molecule has 0 bridgehead atoms. The average Bonchev–Trinajstić information content (AvgIpc) is 2.46. The number of para-hydroxylation sites is 1. The Morgan fingerprint density at radius 1 is 1.18 bits per heavy atom. The van der Waals surface area contributed by atoms with Crippen LogP contribution in [0.5, 0.6) is 0 Å². The van der Waals surface area contributed by atoms with Crippen LogP contribution in [-0.4, -0.2) is 19.6 Å². The fraction of sp³-hybridized carbons (Fsp3) is 0.200. The van der Waals surface area contributed by atoms with Gasteiger partial charge in [0.15, 0.2) is 9.84 Å². The molecule has 22 heavy (non-hydrogen) atoms. The molecule has 0 saturated carbocycles. The highest BCUT2D eigenvalue weighted by Crippen LogP contribution is 2.34. The van der Waals surface area contributed by atoms with Gasteiger partial charge in [0.25, 0.3) is 0 Å². The standard InChI is InChI=1S/C15H16N2O4S/c1-3-11-6-4-7-12(10-11)16-13-8-5-9-14(22(2,20)21)15(13)17(18)19/h4-10,16H,3H2,1-2H3. The monoisotopic (exact) mass is 320 g/mol. The van der Waals surface area contributed by atoms with E-state index in [0.717, 1.165) is 18.2 Å². The van der Waals surface area contributed by atoms with Gasteiger partial charge in [-0.2, -0.15) is 0 Å². The summed E-state index contributed by atoms with van der Waals surface area (Å²) < 4.78 is 23.5. The maximum absolute atomic E-state index is 11.7. The number of hydrogen-bond donors (Lipinski definition) is 1. The quantitative estimate of drug-likeness (QED) is 0.674. The zero-order valence-corrected chi connectivity index (χ0v) is 13.1. The van der Waals surface area contributed by atoms with Crippen molar-refractivity contribution < 1.29 is 13.3 Å². The Labute approximate surface area is 128 Å². The Kier molecular flexibility index (Phi) is 4.46. The highest BCUT2D eigenvalue weighted by atomic mass is 32.2. The molecule has 0 heterocycles. The first kappa shape index (κ1) is 16.0. The lowest BCUT2D eigenvalue weighted by Gasteiger charge is -2.10. The minimum Gasteiger partial charge on any atom is -0.350 e. The van der Waals surface area contributed by atoms with E-state index < -0.39 is 20.4 Å². The normalized spacial score (nSPS) is 11.2. The second-order valence-electron chi connectivity index (χ2n) is 4.86. The lowest BCUT2D eigenvalue weighted by molar-refractivity contribution is -0.386. The van der Waals surface area contributed by atoms with Crippen molar-refractivity contribution >= 4 is 26.9 Å². The summed E-state index contributed by atoms with van der Waals surface area (Å²) in [7, 11) is -3.69. The van der Waals surface area contributed by atoms with Gasteiger partial charge in [-0.25, -0.2) is 8.42 Å². The van der Waals surface area contributed by atoms with Crippen LogP contribution in [0.1, 0.15) is 12.5 Å². The van der Waals surface area contributed by atoms with E-state index in [1.54, 1.807) is 6.07 Å². The Bertz CT molecular complexity index is 816. The molecule has 0 aliphatic heterocycles. The van der Waals surface area contributed by atoms with E-state index in [-0.39, 0.29) is 10.6 Å². The van der Waals surface area contributed by atoms with E-state index in [1.807, 2.05) is 25.1 Å². The predicted molar refractivity (Wildman–Crippen MR) is 85.3 cm³/mol. The van der Waals surface area contributed by atoms with Crippen molar-refractivity contribution in [3.8, 4) is 0 Å². The van der Waals surface area contributed by atoms with Crippen LogP contribution >= 0.6 is 0 Å². The third-order valence-electron chi connectivity index (χ3n) is 3.20. The van der Waals surface area contributed by atoms with Crippen LogP contribution in [0.15, 0.2) is 47.4 Å². The van der Waals surface area contributed by atoms with Gasteiger partial charge in [-0.1, -0.05) is 25.1 Å². The molecule has 0 saturated heterocycles. The molecule has 6 nitrogen and oxygen atoms in total. The Balaban J connectivity index is 2.53. The molecular weight excluding hydrogens is 304 g/mol. The summed E-state index contributed by atoms with van der Waals surface area (Å²) in [5.74, 6) is 0. The number of nitrogens with zero attached hydrogens (tertiary/aromatic N) is 1. The van der Waals surface area contributed by atoms with Gasteiger partial charge in [-0.15, -0.1) is 0 Å². The summed E-state index contributed by atoms with van der Waals surface area (Å²) in [4.78, 5) is 10.3. The van der Waals surface area contributed by atoms with Crippen molar-refractivity contribution in [2.24, 2.45) is 0 Å². The highest BCUT2D eigenvalue weighted by Gasteiger charge is 2.26. The molecule has 1 N–H and O–H groups in total. The number of nitrogens with one attached hydrogen (secondary N) is 1. The average molecular weight is 320 g/mol. The molecule has 0 aliphatic rings. The smallest absolute Gasteiger partial charge is 0.311 e. The van der Waals surface area contributed by atoms with Gasteiger partial charge in [0.2, 0.25) is 0 Å². The summed E-state index contributed by atoms with van der Waals surface area (Å²) in [6.45, 7) is 2.01. The van der Waals surface area contributed by atoms with Crippen LogP contribution in [0.25, 0.3) is 0 Å². The van der Waals surface area contributed by atoms with Crippen LogP contribution in [0.4, 0.5) is 17.1 Å². The minimum atomic E-state index is -3.69. The van der Waals surface area contributed by atoms with Crippen molar-refractivity contribution in [2.45, 2.75) is 18.2 Å². The molecule has 0 atom stereocenters. The van der Waals surface area contributed by atoms with Gasteiger partial charge in [0.05, 0.1) is 4.92 Å². The number of benzene rings is 2. The Hall–Kier alpha value is -2.41. The topological polar surface area (TPSA) is 89.3 Å². The second kappa shape index (κ2) is 6.15. The molecule has 7 heteroatoms. The Morgan fingerprint density at radius 2 is 1.86 bits per heavy atom. The van der Waals surface area contributed by atoms with Gasteiger partial charge in [0, 0.05) is 11.9 Å². The molecule has 0 aliphatic carbocycles. The van der Waals surface area contributed by atoms with E-state index in [4.69, 9.17) is 0 Å². The van der Waals surface area contributed by atoms with Crippen molar-refractivity contribution in [2.75, 3.05) is 11.6 Å². The highest BCUT2D eigenvalue weighted by molar-refractivity contribution is 7.90. The molecule has 0 radical (unpaired) electrons. The summed E-state index contributed by atoms with van der Waals surface area (Å²) in [6.07, 6.45) is 1.79. The zero-order valence-electron chi connectivity index (χ0n) is 12.2. The van der Waals surface area contributed by atoms with Crippen molar-refractivity contribution in [3.05, 3.63) is 58.1 Å². The fourth-order valence-electron chi connectivity index (χ4n) is 2.14. The largest absolute Gasteiger partial charge is 0.350 e. The number of hydrogen-bond acceptors (Lipinski definition) is 5. The molecule has 0 fully saturated rings. The minimum absolute atomic E-state index is 0.154. The summed E-state index contributed by atoms with van der Waals surface area (Å²) >= 11 is 0. The van der Waals surface area contributed by atoms with E-state index in [0.29, 0.717) is 5.69 Å². The molecule has 0 amide bonds. The number of aryl methyl sites for hydroxylation is 1. The molecule has 2 aromatic carbocycles. The summed E-state index contributed by atoms with van der Waals surface area (Å²) in [6, 6.07) is 11.6. The molecule has 0 unspecified atom stereocenters.